The number of aromatic amines is 1. The van der Waals surface area contributed by atoms with E-state index in [0.29, 0.717) is 67.3 Å². The first-order valence-corrected chi connectivity index (χ1v) is 24.8. The number of halogens is 6. The second kappa shape index (κ2) is 28.9. The third kappa shape index (κ3) is 19.9. The summed E-state index contributed by atoms with van der Waals surface area (Å²) >= 11 is 0. The number of aryl methyl sites for hydroxylation is 1. The lowest BCUT2D eigenvalue weighted by atomic mass is 10.0. The van der Waals surface area contributed by atoms with Gasteiger partial charge >= 0.3 is 30.4 Å². The van der Waals surface area contributed by atoms with Crippen molar-refractivity contribution in [1.29, 1.82) is 0 Å². The number of nitrogens with one attached hydrogen (secondary N) is 4. The number of phenolic OH excluding ortho intramolecular Hbond substituents is 1. The van der Waals surface area contributed by atoms with Crippen molar-refractivity contribution < 1.29 is 75.5 Å². The zero-order valence-corrected chi connectivity index (χ0v) is 42.9. The molecule has 1 aliphatic heterocycles. The van der Waals surface area contributed by atoms with Gasteiger partial charge in [-0.2, -0.15) is 26.3 Å². The number of H-pyrrole nitrogens is 1. The number of likely N-dealkylation sites (tertiary alicyclic amines) is 1. The van der Waals surface area contributed by atoms with Crippen LogP contribution in [0.4, 0.5) is 42.5 Å². The Morgan fingerprint density at radius 3 is 2.04 bits per heavy atom. The molecule has 422 valence electrons. The molecule has 17 nitrogen and oxygen atoms in total. The minimum atomic E-state index is -5.08. The predicted molar refractivity (Wildman–Crippen MR) is 282 cm³/mol. The molecule has 0 radical (unpaired) electrons. The van der Waals surface area contributed by atoms with Crippen LogP contribution in [0.25, 0.3) is 22.0 Å². The van der Waals surface area contributed by atoms with Gasteiger partial charge in [-0.25, -0.2) is 14.4 Å². The minimum Gasteiger partial charge on any atom is -0.506 e. The van der Waals surface area contributed by atoms with Gasteiger partial charge in [-0.05, 0) is 90.8 Å². The predicted octanol–water partition coefficient (Wildman–Crippen LogP) is 8.74. The Morgan fingerprint density at radius 1 is 0.772 bits per heavy atom. The number of aliphatic carboxylic acids is 2. The van der Waals surface area contributed by atoms with Gasteiger partial charge in [0.05, 0.1) is 17.3 Å². The first-order valence-electron chi connectivity index (χ1n) is 24.8. The number of rotatable bonds is 18. The molecule has 8 N–H and O–H groups in total. The van der Waals surface area contributed by atoms with E-state index in [9.17, 15) is 55.7 Å². The van der Waals surface area contributed by atoms with E-state index in [1.54, 1.807) is 24.1 Å². The van der Waals surface area contributed by atoms with Crippen LogP contribution in [0.2, 0.25) is 0 Å². The molecule has 3 amide bonds. The molecule has 23 heteroatoms. The number of hydrogen-bond donors (Lipinski definition) is 8. The Bertz CT molecular complexity index is 3040. The molecule has 1 fully saturated rings. The van der Waals surface area contributed by atoms with Crippen molar-refractivity contribution in [3.63, 3.8) is 0 Å². The number of aliphatic hydroxyl groups is 1. The molecule has 2 heterocycles. The number of carboxylic acid groups (broad SMARTS) is 2. The van der Waals surface area contributed by atoms with Crippen molar-refractivity contribution in [2.75, 3.05) is 43.4 Å². The minimum absolute atomic E-state index is 0.00862. The smallest absolute Gasteiger partial charge is 0.490 e. The third-order valence-electron chi connectivity index (χ3n) is 12.5. The monoisotopic (exact) mass is 1110 g/mol. The second-order valence-electron chi connectivity index (χ2n) is 18.4. The highest BCUT2D eigenvalue weighted by Gasteiger charge is 2.39. The average Bonchev–Trinajstić information content (AvgIpc) is 3.47. The van der Waals surface area contributed by atoms with Gasteiger partial charge in [-0.1, -0.05) is 91.0 Å². The number of fused-ring (bicyclic) bond motifs is 1. The van der Waals surface area contributed by atoms with Crippen LogP contribution in [0, 0.1) is 0 Å². The van der Waals surface area contributed by atoms with Gasteiger partial charge in [0.15, 0.2) is 0 Å². The number of carboxylic acids is 2. The maximum Gasteiger partial charge on any atom is 0.490 e. The number of nitrogens with zero attached hydrogens (tertiary/aromatic N) is 2. The first kappa shape index (κ1) is 61.6. The zero-order valence-electron chi connectivity index (χ0n) is 42.9. The standard InChI is InChI=1S/C52H58N6O7.2C2HF3O2/c1-35(53-34-47(60)43-20-22-46(59)51-44(43)21-24-49(62)56-51)31-38-10-8-9-36(32-38)17-23-48(61)54-33-37-15-18-40(19-16-37)57(2)50(63)27-30-58-28-25-41(26-29-58)65-52(64)55-45-14-7-6-13-42(45)39-11-4-3-5-12-39;2*3-2(4,5)1(6)7/h3-16,18-22,24,32,35,41,47,53,59-60H,17,23,25-31,33-34H2,1-2H3,(H,54,61)(H,55,64)(H,56,62);2*(H,6,7)/t35-,47-;;/m0../s1. The molecule has 0 saturated carbocycles. The van der Waals surface area contributed by atoms with Crippen LogP contribution in [0.5, 0.6) is 5.75 Å². The van der Waals surface area contributed by atoms with E-state index in [2.05, 4.69) is 38.0 Å². The highest BCUT2D eigenvalue weighted by Crippen LogP contribution is 2.30. The van der Waals surface area contributed by atoms with Crippen LogP contribution < -0.4 is 26.4 Å². The number of para-hydroxylation sites is 1. The molecule has 0 spiro atoms. The van der Waals surface area contributed by atoms with Crippen LogP contribution in [-0.2, 0) is 43.3 Å². The summed E-state index contributed by atoms with van der Waals surface area (Å²) in [5.74, 6) is -5.60. The normalized spacial score (nSPS) is 13.6. The maximum atomic E-state index is 13.2. The fourth-order valence-corrected chi connectivity index (χ4v) is 8.26. The molecule has 1 saturated heterocycles. The van der Waals surface area contributed by atoms with Crippen molar-refractivity contribution >= 4 is 52.1 Å². The summed E-state index contributed by atoms with van der Waals surface area (Å²) in [6.45, 7) is 4.81. The van der Waals surface area contributed by atoms with Gasteiger partial charge in [0.25, 0.3) is 0 Å². The quantitative estimate of drug-likeness (QED) is 0.0376. The Morgan fingerprint density at radius 2 is 1.39 bits per heavy atom. The van der Waals surface area contributed by atoms with Crippen molar-refractivity contribution in [3.8, 4) is 16.9 Å². The van der Waals surface area contributed by atoms with Crippen molar-refractivity contribution in [2.24, 2.45) is 0 Å². The number of anilines is 2. The van der Waals surface area contributed by atoms with E-state index >= 15 is 0 Å². The summed E-state index contributed by atoms with van der Waals surface area (Å²) < 4.78 is 69.3. The van der Waals surface area contributed by atoms with Crippen molar-refractivity contribution in [1.82, 2.24) is 20.5 Å². The number of carbonyl (C=O) groups excluding carboxylic acids is 3. The van der Waals surface area contributed by atoms with E-state index in [0.717, 1.165) is 53.0 Å². The molecule has 5 aromatic carbocycles. The Balaban J connectivity index is 0.000000725. The van der Waals surface area contributed by atoms with Gasteiger partial charge < -0.3 is 50.6 Å². The lowest BCUT2D eigenvalue weighted by Crippen LogP contribution is -2.40. The number of benzene rings is 5. The maximum absolute atomic E-state index is 13.2. The lowest BCUT2D eigenvalue weighted by Gasteiger charge is -2.31. The topological polar surface area (TPSA) is 251 Å². The number of amides is 3. The number of pyridine rings is 1. The summed E-state index contributed by atoms with van der Waals surface area (Å²) in [4.78, 5) is 74.9. The summed E-state index contributed by atoms with van der Waals surface area (Å²) in [6, 6.07) is 39.5. The van der Waals surface area contributed by atoms with Crippen LogP contribution in [-0.4, -0.2) is 118 Å². The highest BCUT2D eigenvalue weighted by atomic mass is 19.4. The number of aliphatic hydroxyl groups excluding tert-OH is 1. The molecular formula is C56H60F6N6O11. The number of piperidine rings is 1. The van der Waals surface area contributed by atoms with Crippen molar-refractivity contribution in [2.45, 2.75) is 82.6 Å². The zero-order chi connectivity index (χ0) is 57.9. The highest BCUT2D eigenvalue weighted by molar-refractivity contribution is 5.93. The fraction of sp³-hybridized carbons (Fsp3) is 0.321. The van der Waals surface area contributed by atoms with Gasteiger partial charge in [-0.3, -0.25) is 19.7 Å². The molecule has 2 atom stereocenters. The number of aromatic nitrogens is 1. The average molecular weight is 1110 g/mol. The van der Waals surface area contributed by atoms with Crippen LogP contribution in [0.3, 0.4) is 0 Å². The Labute approximate surface area is 449 Å². The lowest BCUT2D eigenvalue weighted by molar-refractivity contribution is -0.193. The van der Waals surface area contributed by atoms with E-state index in [-0.39, 0.29) is 41.8 Å². The van der Waals surface area contributed by atoms with Crippen molar-refractivity contribution in [3.05, 3.63) is 160 Å². The Hall–Kier alpha value is -8.28. The first-order chi connectivity index (χ1) is 37.4. The van der Waals surface area contributed by atoms with Crippen LogP contribution >= 0.6 is 0 Å². The van der Waals surface area contributed by atoms with Gasteiger partial charge in [0.1, 0.15) is 11.9 Å². The largest absolute Gasteiger partial charge is 0.506 e. The van der Waals surface area contributed by atoms with E-state index in [4.69, 9.17) is 24.5 Å². The number of carbonyl (C=O) groups is 5. The van der Waals surface area contributed by atoms with E-state index in [1.807, 2.05) is 97.9 Å². The SMILES string of the molecule is C[C@@H](Cc1cccc(CCC(=O)NCc2ccc(N(C)C(=O)CCN3CCC(OC(=O)Nc4ccccc4-c4ccccc4)CC3)cc2)c1)NC[C@H](O)c1ccc(O)c2[nH]c(=O)ccc12.O=C(O)C(F)(F)F.O=C(O)C(F)(F)F. The molecule has 0 aliphatic carbocycles. The summed E-state index contributed by atoms with van der Waals surface area (Å²) in [5, 5.41) is 45.3. The van der Waals surface area contributed by atoms with Gasteiger partial charge in [0.2, 0.25) is 17.4 Å². The molecule has 0 unspecified atom stereocenters. The summed E-state index contributed by atoms with van der Waals surface area (Å²) in [7, 11) is 1.77. The molecular weight excluding hydrogens is 1050 g/mol. The summed E-state index contributed by atoms with van der Waals surface area (Å²) in [5.41, 5.74) is 7.12. The van der Waals surface area contributed by atoms with Gasteiger partial charge in [0, 0.05) is 81.4 Å². The second-order valence-corrected chi connectivity index (χ2v) is 18.4. The summed E-state index contributed by atoms with van der Waals surface area (Å²) in [6.07, 6.45) is -8.25. The number of ether oxygens (including phenoxy) is 1. The molecule has 1 aliphatic rings. The molecule has 6 aromatic rings. The van der Waals surface area contributed by atoms with E-state index in [1.165, 1.54) is 12.1 Å². The van der Waals surface area contributed by atoms with Crippen LogP contribution in [0.15, 0.2) is 132 Å². The number of alkyl halides is 6. The number of aromatic hydroxyl groups is 1. The molecule has 0 bridgehead atoms. The number of phenols is 1. The third-order valence-corrected chi connectivity index (χ3v) is 12.5. The Kier molecular flexibility index (Phi) is 22.5. The van der Waals surface area contributed by atoms with Crippen LogP contribution in [0.1, 0.15) is 61.0 Å². The number of hydrogen-bond acceptors (Lipinski definition) is 11. The van der Waals surface area contributed by atoms with E-state index < -0.39 is 36.5 Å². The molecule has 7 rings (SSSR count). The molecule has 79 heavy (non-hydrogen) atoms. The fourth-order valence-electron chi connectivity index (χ4n) is 8.26. The van der Waals surface area contributed by atoms with Gasteiger partial charge in [-0.15, -0.1) is 0 Å². The molecule has 1 aromatic heterocycles.